The predicted octanol–water partition coefficient (Wildman–Crippen LogP) is 3.91. The minimum Gasteiger partial charge on any atom is -0.306 e. The number of rotatable bonds is 3. The molecule has 0 saturated carbocycles. The van der Waals surface area contributed by atoms with Crippen molar-refractivity contribution in [2.45, 2.75) is 19.3 Å². The molecule has 0 aliphatic heterocycles. The second kappa shape index (κ2) is 6.88. The highest BCUT2D eigenvalue weighted by Crippen LogP contribution is 2.28. The third-order valence-corrected chi connectivity index (χ3v) is 4.38. The van der Waals surface area contributed by atoms with Crippen molar-refractivity contribution in [3.8, 4) is 11.4 Å². The van der Waals surface area contributed by atoms with Crippen molar-refractivity contribution >= 4 is 17.5 Å². The topological polar surface area (TPSA) is 72.0 Å². The molecule has 3 aromatic rings. The standard InChI is InChI=1S/C21H17N3O2/c25-17-13-7-12-16-18(17)20(24-21(26)15-10-5-2-6-11-15)23-19(22-16)14-8-3-1-4-9-14/h1-6,8-11H,7,12-13H2,(H,22,23,24,26). The molecule has 5 heteroatoms. The quantitative estimate of drug-likeness (QED) is 0.782. The Morgan fingerprint density at radius 3 is 2.31 bits per heavy atom. The van der Waals surface area contributed by atoms with E-state index < -0.39 is 0 Å². The largest absolute Gasteiger partial charge is 0.306 e. The average molecular weight is 343 g/mol. The number of fused-ring (bicyclic) bond motifs is 1. The van der Waals surface area contributed by atoms with E-state index in [4.69, 9.17) is 0 Å². The Morgan fingerprint density at radius 2 is 1.58 bits per heavy atom. The van der Waals surface area contributed by atoms with Crippen LogP contribution in [0.3, 0.4) is 0 Å². The third-order valence-electron chi connectivity index (χ3n) is 4.38. The molecule has 0 fully saturated rings. The van der Waals surface area contributed by atoms with E-state index in [0.717, 1.165) is 12.0 Å². The van der Waals surface area contributed by atoms with Gasteiger partial charge >= 0.3 is 0 Å². The Morgan fingerprint density at radius 1 is 0.885 bits per heavy atom. The van der Waals surface area contributed by atoms with E-state index in [0.29, 0.717) is 41.3 Å². The molecule has 1 N–H and O–H groups in total. The van der Waals surface area contributed by atoms with Crippen LogP contribution >= 0.6 is 0 Å². The highest BCUT2D eigenvalue weighted by atomic mass is 16.2. The number of nitrogens with zero attached hydrogens (tertiary/aromatic N) is 2. The van der Waals surface area contributed by atoms with Crippen molar-refractivity contribution in [2.75, 3.05) is 5.32 Å². The molecular formula is C21H17N3O2. The Bertz CT molecular complexity index is 969. The lowest BCUT2D eigenvalue weighted by Gasteiger charge is -2.18. The molecule has 0 radical (unpaired) electrons. The monoisotopic (exact) mass is 343 g/mol. The van der Waals surface area contributed by atoms with E-state index >= 15 is 0 Å². The minimum absolute atomic E-state index is 0.0192. The first kappa shape index (κ1) is 16.1. The molecule has 0 unspecified atom stereocenters. The van der Waals surface area contributed by atoms with Gasteiger partial charge in [0.2, 0.25) is 0 Å². The zero-order valence-electron chi connectivity index (χ0n) is 14.1. The smallest absolute Gasteiger partial charge is 0.256 e. The summed E-state index contributed by atoms with van der Waals surface area (Å²) in [4.78, 5) is 34.1. The van der Waals surface area contributed by atoms with Gasteiger partial charge in [-0.15, -0.1) is 0 Å². The molecule has 1 amide bonds. The van der Waals surface area contributed by atoms with Crippen LogP contribution in [-0.4, -0.2) is 21.7 Å². The first-order valence-corrected chi connectivity index (χ1v) is 8.58. The Labute approximate surface area is 151 Å². The molecule has 5 nitrogen and oxygen atoms in total. The number of aromatic nitrogens is 2. The minimum atomic E-state index is -0.288. The van der Waals surface area contributed by atoms with Gasteiger partial charge in [-0.1, -0.05) is 48.5 Å². The zero-order chi connectivity index (χ0) is 17.9. The molecule has 1 aromatic heterocycles. The normalized spacial score (nSPS) is 13.2. The van der Waals surface area contributed by atoms with Crippen LogP contribution in [0.1, 0.15) is 39.3 Å². The van der Waals surface area contributed by atoms with E-state index in [1.807, 2.05) is 36.4 Å². The fourth-order valence-electron chi connectivity index (χ4n) is 3.10. The summed E-state index contributed by atoms with van der Waals surface area (Å²) in [6.07, 6.45) is 1.93. The first-order valence-electron chi connectivity index (χ1n) is 8.58. The van der Waals surface area contributed by atoms with Gasteiger partial charge < -0.3 is 5.32 Å². The second-order valence-corrected chi connectivity index (χ2v) is 6.18. The Kier molecular flexibility index (Phi) is 4.27. The van der Waals surface area contributed by atoms with Crippen LogP contribution in [-0.2, 0) is 6.42 Å². The van der Waals surface area contributed by atoms with E-state index in [-0.39, 0.29) is 11.7 Å². The number of nitrogens with one attached hydrogen (secondary N) is 1. The highest BCUT2D eigenvalue weighted by Gasteiger charge is 2.26. The number of benzene rings is 2. The van der Waals surface area contributed by atoms with E-state index in [9.17, 15) is 9.59 Å². The summed E-state index contributed by atoms with van der Waals surface area (Å²) < 4.78 is 0. The molecule has 0 saturated heterocycles. The fraction of sp³-hybridized carbons (Fsp3) is 0.143. The SMILES string of the molecule is O=C(Nc1nc(-c2ccccc2)nc2c1C(=O)CCC2)c1ccccc1. The van der Waals surface area contributed by atoms with Crippen molar-refractivity contribution in [1.82, 2.24) is 9.97 Å². The summed E-state index contributed by atoms with van der Waals surface area (Å²) in [5.41, 5.74) is 2.52. The molecule has 1 aliphatic carbocycles. The van der Waals surface area contributed by atoms with Crippen molar-refractivity contribution in [3.63, 3.8) is 0 Å². The van der Waals surface area contributed by atoms with E-state index in [2.05, 4.69) is 15.3 Å². The van der Waals surface area contributed by atoms with Crippen molar-refractivity contribution < 1.29 is 9.59 Å². The predicted molar refractivity (Wildman–Crippen MR) is 99.1 cm³/mol. The lowest BCUT2D eigenvalue weighted by molar-refractivity contribution is 0.0972. The number of amides is 1. The van der Waals surface area contributed by atoms with E-state index in [1.165, 1.54) is 0 Å². The summed E-state index contributed by atoms with van der Waals surface area (Å²) in [5, 5.41) is 2.82. The van der Waals surface area contributed by atoms with Crippen LogP contribution in [0.5, 0.6) is 0 Å². The highest BCUT2D eigenvalue weighted by molar-refractivity contribution is 6.09. The van der Waals surface area contributed by atoms with Crippen LogP contribution in [0, 0.1) is 0 Å². The maximum Gasteiger partial charge on any atom is 0.256 e. The van der Waals surface area contributed by atoms with Crippen LogP contribution in [0.15, 0.2) is 60.7 Å². The molecule has 1 aliphatic rings. The second-order valence-electron chi connectivity index (χ2n) is 6.18. The van der Waals surface area contributed by atoms with Gasteiger partial charge in [0.25, 0.3) is 5.91 Å². The number of aryl methyl sites for hydroxylation is 1. The third kappa shape index (κ3) is 3.11. The molecule has 128 valence electrons. The number of Topliss-reactive ketones (excluding diaryl/α,β-unsaturated/α-hetero) is 1. The van der Waals surface area contributed by atoms with Gasteiger partial charge in [-0.2, -0.15) is 0 Å². The first-order chi connectivity index (χ1) is 12.7. The number of hydrogen-bond donors (Lipinski definition) is 1. The number of anilines is 1. The summed E-state index contributed by atoms with van der Waals surface area (Å²) in [7, 11) is 0. The molecule has 1 heterocycles. The maximum atomic E-state index is 12.6. The summed E-state index contributed by atoms with van der Waals surface area (Å²) in [6, 6.07) is 18.5. The van der Waals surface area contributed by atoms with Crippen molar-refractivity contribution in [2.24, 2.45) is 0 Å². The number of carbonyl (C=O) groups excluding carboxylic acids is 2. The Balaban J connectivity index is 1.79. The summed E-state index contributed by atoms with van der Waals surface area (Å²) >= 11 is 0. The van der Waals surface area contributed by atoms with E-state index in [1.54, 1.807) is 24.3 Å². The van der Waals surface area contributed by atoms with Gasteiger partial charge in [0.1, 0.15) is 5.82 Å². The van der Waals surface area contributed by atoms with Crippen LogP contribution in [0.25, 0.3) is 11.4 Å². The molecular weight excluding hydrogens is 326 g/mol. The molecule has 0 spiro atoms. The van der Waals surface area contributed by atoms with Crippen molar-refractivity contribution in [3.05, 3.63) is 77.5 Å². The molecule has 26 heavy (non-hydrogen) atoms. The van der Waals surface area contributed by atoms with Gasteiger partial charge in [-0.25, -0.2) is 9.97 Å². The maximum absolute atomic E-state index is 12.6. The van der Waals surface area contributed by atoms with Gasteiger partial charge in [0.15, 0.2) is 11.6 Å². The molecule has 4 rings (SSSR count). The van der Waals surface area contributed by atoms with Crippen molar-refractivity contribution in [1.29, 1.82) is 0 Å². The lowest BCUT2D eigenvalue weighted by atomic mass is 9.94. The van der Waals surface area contributed by atoms with Crippen LogP contribution < -0.4 is 5.32 Å². The summed E-state index contributed by atoms with van der Waals surface area (Å²) in [5.74, 6) is 0.507. The molecule has 0 atom stereocenters. The van der Waals surface area contributed by atoms with Gasteiger partial charge in [-0.3, -0.25) is 9.59 Å². The molecule has 0 bridgehead atoms. The van der Waals surface area contributed by atoms with Gasteiger partial charge in [0, 0.05) is 17.5 Å². The lowest BCUT2D eigenvalue weighted by Crippen LogP contribution is -2.21. The molecule has 2 aromatic carbocycles. The number of hydrogen-bond acceptors (Lipinski definition) is 4. The van der Waals surface area contributed by atoms with Gasteiger partial charge in [-0.05, 0) is 25.0 Å². The average Bonchev–Trinajstić information content (AvgIpc) is 2.69. The number of ketones is 1. The van der Waals surface area contributed by atoms with Crippen LogP contribution in [0.4, 0.5) is 5.82 Å². The zero-order valence-corrected chi connectivity index (χ0v) is 14.1. The summed E-state index contributed by atoms with van der Waals surface area (Å²) in [6.45, 7) is 0. The fourth-order valence-corrected chi connectivity index (χ4v) is 3.10. The van der Waals surface area contributed by atoms with Gasteiger partial charge in [0.05, 0.1) is 11.3 Å². The Hall–Kier alpha value is -3.34. The number of carbonyl (C=O) groups is 2. The van der Waals surface area contributed by atoms with Crippen LogP contribution in [0.2, 0.25) is 0 Å².